The molecule has 8 nitrogen and oxygen atoms in total. The molecule has 0 spiro atoms. The molecule has 0 saturated carbocycles. The van der Waals surface area contributed by atoms with Gasteiger partial charge in [0.2, 0.25) is 17.5 Å². The summed E-state index contributed by atoms with van der Waals surface area (Å²) in [5.41, 5.74) is 2.47. The van der Waals surface area contributed by atoms with Crippen molar-refractivity contribution in [3.05, 3.63) is 42.0 Å². The van der Waals surface area contributed by atoms with Crippen molar-refractivity contribution in [3.63, 3.8) is 0 Å². The number of ether oxygens (including phenoxy) is 3. The van der Waals surface area contributed by atoms with Gasteiger partial charge in [-0.3, -0.25) is 4.79 Å². The van der Waals surface area contributed by atoms with E-state index in [0.29, 0.717) is 22.8 Å². The lowest BCUT2D eigenvalue weighted by molar-refractivity contribution is -0.115. The third-order valence-electron chi connectivity index (χ3n) is 4.28. The van der Waals surface area contributed by atoms with E-state index in [9.17, 15) is 4.79 Å². The largest absolute Gasteiger partial charge is 0.493 e. The van der Waals surface area contributed by atoms with Crippen molar-refractivity contribution in [2.24, 2.45) is 0 Å². The second-order valence-corrected chi connectivity index (χ2v) is 7.69. The number of rotatable bonds is 8. The number of aromatic nitrogens is 2. The molecule has 0 aliphatic rings. The molecule has 3 rings (SSSR count). The van der Waals surface area contributed by atoms with E-state index in [1.807, 2.05) is 31.2 Å². The van der Waals surface area contributed by atoms with Crippen molar-refractivity contribution < 1.29 is 23.4 Å². The number of benzene rings is 2. The van der Waals surface area contributed by atoms with Crippen molar-refractivity contribution in [3.8, 4) is 28.7 Å². The number of nitrogens with zero attached hydrogens (tertiary/aromatic N) is 2. The fraction of sp³-hybridized carbons (Fsp3) is 0.286. The summed E-state index contributed by atoms with van der Waals surface area (Å²) in [5.74, 6) is 1.55. The molecule has 1 amide bonds. The first kappa shape index (κ1) is 21.5. The molecule has 158 valence electrons. The second-order valence-electron chi connectivity index (χ2n) is 6.40. The van der Waals surface area contributed by atoms with Gasteiger partial charge < -0.3 is 23.9 Å². The van der Waals surface area contributed by atoms with Gasteiger partial charge >= 0.3 is 0 Å². The highest BCUT2D eigenvalue weighted by Gasteiger charge is 2.21. The second kappa shape index (κ2) is 9.53. The molecule has 1 N–H and O–H groups in total. The third-order valence-corrected chi connectivity index (χ3v) is 5.22. The van der Waals surface area contributed by atoms with Crippen molar-refractivity contribution in [2.75, 3.05) is 26.6 Å². The number of methoxy groups -OCH3 is 3. The minimum atomic E-state index is -0.431. The monoisotopic (exact) mass is 429 g/mol. The summed E-state index contributed by atoms with van der Waals surface area (Å²) in [6, 6.07) is 11.0. The van der Waals surface area contributed by atoms with Crippen LogP contribution in [0.2, 0.25) is 0 Å². The number of thioether (sulfide) groups is 1. The summed E-state index contributed by atoms with van der Waals surface area (Å²) in [5, 5.41) is 10.8. The number of aryl methyl sites for hydroxylation is 1. The lowest BCUT2D eigenvalue weighted by Gasteiger charge is -2.12. The van der Waals surface area contributed by atoms with E-state index < -0.39 is 5.25 Å². The molecule has 1 aromatic heterocycles. The van der Waals surface area contributed by atoms with Crippen molar-refractivity contribution in [2.45, 2.75) is 24.3 Å². The first-order valence-corrected chi connectivity index (χ1v) is 10.0. The first-order chi connectivity index (χ1) is 14.4. The summed E-state index contributed by atoms with van der Waals surface area (Å²) in [6.07, 6.45) is 0. The lowest BCUT2D eigenvalue weighted by Crippen LogP contribution is -2.22. The Labute approximate surface area is 178 Å². The van der Waals surface area contributed by atoms with Gasteiger partial charge in [0.15, 0.2) is 11.5 Å². The van der Waals surface area contributed by atoms with Gasteiger partial charge in [0.25, 0.3) is 5.22 Å². The Hall–Kier alpha value is -3.20. The highest BCUT2D eigenvalue weighted by molar-refractivity contribution is 8.00. The zero-order valence-electron chi connectivity index (χ0n) is 17.4. The van der Waals surface area contributed by atoms with Crippen molar-refractivity contribution in [1.82, 2.24) is 10.2 Å². The van der Waals surface area contributed by atoms with Crippen LogP contribution >= 0.6 is 11.8 Å². The molecule has 1 atom stereocenters. The lowest BCUT2D eigenvalue weighted by atomic mass is 10.2. The topological polar surface area (TPSA) is 95.7 Å². The van der Waals surface area contributed by atoms with Gasteiger partial charge in [0.05, 0.1) is 26.6 Å². The predicted molar refractivity (Wildman–Crippen MR) is 115 cm³/mol. The molecule has 0 bridgehead atoms. The standard InChI is InChI=1S/C21H23N3O5S/c1-12-6-8-15(9-7-12)22-19(25)13(2)30-21-24-23-20(29-21)14-10-16(26-3)18(28-5)17(11-14)27-4/h6-11,13H,1-5H3,(H,22,25). The molecule has 9 heteroatoms. The maximum absolute atomic E-state index is 12.4. The number of amides is 1. The van der Waals surface area contributed by atoms with E-state index >= 15 is 0 Å². The van der Waals surface area contributed by atoms with E-state index in [1.54, 1.807) is 19.1 Å². The van der Waals surface area contributed by atoms with E-state index in [1.165, 1.54) is 33.1 Å². The van der Waals surface area contributed by atoms with E-state index in [-0.39, 0.29) is 17.0 Å². The number of hydrogen-bond donors (Lipinski definition) is 1. The molecule has 2 aromatic carbocycles. The summed E-state index contributed by atoms with van der Waals surface area (Å²) >= 11 is 1.18. The SMILES string of the molecule is COc1cc(-c2nnc(SC(C)C(=O)Nc3ccc(C)cc3)o2)cc(OC)c1OC. The van der Waals surface area contributed by atoms with Gasteiger partial charge in [0.1, 0.15) is 0 Å². The Morgan fingerprint density at radius 2 is 1.67 bits per heavy atom. The van der Waals surface area contributed by atoms with Crippen molar-refractivity contribution in [1.29, 1.82) is 0 Å². The summed E-state index contributed by atoms with van der Waals surface area (Å²) in [7, 11) is 4.60. The van der Waals surface area contributed by atoms with Crippen LogP contribution in [-0.4, -0.2) is 42.7 Å². The molecule has 0 radical (unpaired) electrons. The molecular formula is C21H23N3O5S. The summed E-state index contributed by atoms with van der Waals surface area (Å²) in [4.78, 5) is 12.4. The average molecular weight is 429 g/mol. The quantitative estimate of drug-likeness (QED) is 0.533. The Morgan fingerprint density at radius 1 is 1.03 bits per heavy atom. The molecule has 0 saturated heterocycles. The zero-order valence-corrected chi connectivity index (χ0v) is 18.2. The molecule has 0 fully saturated rings. The van der Waals surface area contributed by atoms with Crippen LogP contribution in [0.15, 0.2) is 46.0 Å². The van der Waals surface area contributed by atoms with Crippen LogP contribution in [0.25, 0.3) is 11.5 Å². The molecule has 1 heterocycles. The smallest absolute Gasteiger partial charge is 0.277 e. The van der Waals surface area contributed by atoms with Crippen LogP contribution in [0.4, 0.5) is 5.69 Å². The molecule has 1 unspecified atom stereocenters. The van der Waals surface area contributed by atoms with Crippen LogP contribution in [0, 0.1) is 6.92 Å². The number of carbonyl (C=O) groups is 1. The van der Waals surface area contributed by atoms with Crippen LogP contribution in [-0.2, 0) is 4.79 Å². The average Bonchev–Trinajstić information content (AvgIpc) is 3.22. The highest BCUT2D eigenvalue weighted by atomic mass is 32.2. The van der Waals surface area contributed by atoms with Crippen LogP contribution in [0.3, 0.4) is 0 Å². The minimum absolute atomic E-state index is 0.156. The maximum Gasteiger partial charge on any atom is 0.277 e. The third kappa shape index (κ3) is 4.85. The Kier molecular flexibility index (Phi) is 6.83. The fourth-order valence-corrected chi connectivity index (χ4v) is 3.35. The van der Waals surface area contributed by atoms with E-state index in [4.69, 9.17) is 18.6 Å². The van der Waals surface area contributed by atoms with E-state index in [0.717, 1.165) is 11.3 Å². The maximum atomic E-state index is 12.4. The number of anilines is 1. The predicted octanol–water partition coefficient (Wildman–Crippen LogP) is 4.19. The first-order valence-electron chi connectivity index (χ1n) is 9.13. The molecule has 3 aromatic rings. The van der Waals surface area contributed by atoms with Crippen LogP contribution in [0.1, 0.15) is 12.5 Å². The number of carbonyl (C=O) groups excluding carboxylic acids is 1. The van der Waals surface area contributed by atoms with Gasteiger partial charge in [-0.1, -0.05) is 29.5 Å². The number of hydrogen-bond acceptors (Lipinski definition) is 8. The van der Waals surface area contributed by atoms with Gasteiger partial charge in [-0.2, -0.15) is 0 Å². The molecule has 30 heavy (non-hydrogen) atoms. The molecule has 0 aliphatic carbocycles. The molecule has 0 aliphatic heterocycles. The molecular weight excluding hydrogens is 406 g/mol. The summed E-state index contributed by atoms with van der Waals surface area (Å²) in [6.45, 7) is 3.77. The van der Waals surface area contributed by atoms with Gasteiger partial charge in [-0.05, 0) is 38.1 Å². The Balaban J connectivity index is 1.73. The van der Waals surface area contributed by atoms with E-state index in [2.05, 4.69) is 15.5 Å². The number of nitrogens with one attached hydrogen (secondary N) is 1. The van der Waals surface area contributed by atoms with Gasteiger partial charge in [0, 0.05) is 11.3 Å². The normalized spacial score (nSPS) is 11.6. The van der Waals surface area contributed by atoms with Crippen molar-refractivity contribution >= 4 is 23.4 Å². The Bertz CT molecular complexity index is 995. The van der Waals surface area contributed by atoms with Crippen LogP contribution in [0.5, 0.6) is 17.2 Å². The fourth-order valence-electron chi connectivity index (χ4n) is 2.66. The van der Waals surface area contributed by atoms with Gasteiger partial charge in [-0.15, -0.1) is 10.2 Å². The summed E-state index contributed by atoms with van der Waals surface area (Å²) < 4.78 is 21.8. The minimum Gasteiger partial charge on any atom is -0.493 e. The Morgan fingerprint density at radius 3 is 2.23 bits per heavy atom. The zero-order chi connectivity index (χ0) is 21.7. The van der Waals surface area contributed by atoms with Gasteiger partial charge in [-0.25, -0.2) is 0 Å². The van der Waals surface area contributed by atoms with Crippen LogP contribution < -0.4 is 19.5 Å². The highest BCUT2D eigenvalue weighted by Crippen LogP contribution is 2.41.